The molecule has 0 saturated heterocycles. The molecule has 1 N–H and O–H groups in total. The van der Waals surface area contributed by atoms with Crippen molar-refractivity contribution in [3.63, 3.8) is 0 Å². The molecule has 0 aliphatic heterocycles. The van der Waals surface area contributed by atoms with E-state index < -0.39 is 0 Å². The van der Waals surface area contributed by atoms with Gasteiger partial charge in [-0.15, -0.1) is 0 Å². The summed E-state index contributed by atoms with van der Waals surface area (Å²) in [6.45, 7) is 0. The van der Waals surface area contributed by atoms with E-state index in [4.69, 9.17) is 10.00 Å². The van der Waals surface area contributed by atoms with E-state index >= 15 is 0 Å². The first-order valence-corrected chi connectivity index (χ1v) is 6.49. The van der Waals surface area contributed by atoms with Crippen LogP contribution in [0.1, 0.15) is 18.4 Å². The van der Waals surface area contributed by atoms with Crippen molar-refractivity contribution in [2.24, 2.45) is 5.92 Å². The lowest BCUT2D eigenvalue weighted by molar-refractivity contribution is -0.142. The molecular formula is C13H13BrN2O2. The molecule has 1 fully saturated rings. The standard InChI is InChI=1S/C13H13BrN2O2/c1-18-13(17)12(8-2-3-8)16-11-6-10(14)5-4-9(11)7-15/h4-6,8,12,16H,2-3H2,1H3. The number of carbonyl (C=O) groups is 1. The Balaban J connectivity index is 2.23. The van der Waals surface area contributed by atoms with Crippen LogP contribution in [0.25, 0.3) is 0 Å². The molecule has 1 aliphatic rings. The van der Waals surface area contributed by atoms with Crippen molar-refractivity contribution in [3.05, 3.63) is 28.2 Å². The normalized spacial score (nSPS) is 15.6. The first kappa shape index (κ1) is 12.9. The van der Waals surface area contributed by atoms with Crippen LogP contribution in [0.4, 0.5) is 5.69 Å². The maximum Gasteiger partial charge on any atom is 0.328 e. The maximum absolute atomic E-state index is 11.7. The summed E-state index contributed by atoms with van der Waals surface area (Å²) in [5, 5.41) is 12.2. The number of halogens is 1. The van der Waals surface area contributed by atoms with Crippen molar-refractivity contribution in [3.8, 4) is 6.07 Å². The van der Waals surface area contributed by atoms with Crippen molar-refractivity contribution in [1.29, 1.82) is 5.26 Å². The monoisotopic (exact) mass is 308 g/mol. The molecule has 94 valence electrons. The van der Waals surface area contributed by atoms with Gasteiger partial charge in [-0.25, -0.2) is 4.79 Å². The maximum atomic E-state index is 11.7. The Morgan fingerprint density at radius 2 is 2.33 bits per heavy atom. The second-order valence-electron chi connectivity index (χ2n) is 4.28. The number of esters is 1. The largest absolute Gasteiger partial charge is 0.467 e. The van der Waals surface area contributed by atoms with Crippen molar-refractivity contribution < 1.29 is 9.53 Å². The fourth-order valence-corrected chi connectivity index (χ4v) is 2.19. The number of carbonyl (C=O) groups excluding carboxylic acids is 1. The van der Waals surface area contributed by atoms with Gasteiger partial charge in [0.1, 0.15) is 12.1 Å². The van der Waals surface area contributed by atoms with Crippen molar-refractivity contribution >= 4 is 27.6 Å². The number of methoxy groups -OCH3 is 1. The fourth-order valence-electron chi connectivity index (χ4n) is 1.83. The van der Waals surface area contributed by atoms with Gasteiger partial charge in [-0.1, -0.05) is 15.9 Å². The topological polar surface area (TPSA) is 62.1 Å². The molecule has 5 heteroatoms. The van der Waals surface area contributed by atoms with E-state index in [9.17, 15) is 4.79 Å². The Kier molecular flexibility index (Phi) is 3.87. The average molecular weight is 309 g/mol. The molecule has 0 radical (unpaired) electrons. The van der Waals surface area contributed by atoms with Crippen molar-refractivity contribution in [2.75, 3.05) is 12.4 Å². The Bertz CT molecular complexity index is 506. The highest BCUT2D eigenvalue weighted by molar-refractivity contribution is 9.10. The number of benzene rings is 1. The molecule has 1 saturated carbocycles. The van der Waals surface area contributed by atoms with Crippen LogP contribution in [0.2, 0.25) is 0 Å². The summed E-state index contributed by atoms with van der Waals surface area (Å²) < 4.78 is 5.66. The molecule has 1 aromatic carbocycles. The number of hydrogen-bond acceptors (Lipinski definition) is 4. The van der Waals surface area contributed by atoms with Crippen LogP contribution in [0.3, 0.4) is 0 Å². The lowest BCUT2D eigenvalue weighted by Gasteiger charge is -2.18. The fraction of sp³-hybridized carbons (Fsp3) is 0.385. The van der Waals surface area contributed by atoms with E-state index in [1.54, 1.807) is 18.2 Å². The second kappa shape index (κ2) is 5.40. The van der Waals surface area contributed by atoms with Crippen LogP contribution in [0.15, 0.2) is 22.7 Å². The smallest absolute Gasteiger partial charge is 0.328 e. The number of hydrogen-bond donors (Lipinski definition) is 1. The minimum Gasteiger partial charge on any atom is -0.467 e. The van der Waals surface area contributed by atoms with E-state index in [-0.39, 0.29) is 12.0 Å². The molecule has 0 amide bonds. The Hall–Kier alpha value is -1.54. The van der Waals surface area contributed by atoms with Gasteiger partial charge in [0.05, 0.1) is 18.4 Å². The summed E-state index contributed by atoms with van der Waals surface area (Å²) in [6, 6.07) is 7.06. The van der Waals surface area contributed by atoms with Gasteiger partial charge < -0.3 is 10.1 Å². The Morgan fingerprint density at radius 1 is 1.61 bits per heavy atom. The third kappa shape index (κ3) is 2.82. The van der Waals surface area contributed by atoms with Gasteiger partial charge in [-0.3, -0.25) is 0 Å². The van der Waals surface area contributed by atoms with Crippen molar-refractivity contribution in [2.45, 2.75) is 18.9 Å². The summed E-state index contributed by atoms with van der Waals surface area (Å²) in [4.78, 5) is 11.7. The molecule has 1 atom stereocenters. The number of nitrogens with zero attached hydrogens (tertiary/aromatic N) is 1. The van der Waals surface area contributed by atoms with Gasteiger partial charge in [-0.2, -0.15) is 5.26 Å². The molecule has 18 heavy (non-hydrogen) atoms. The zero-order valence-electron chi connectivity index (χ0n) is 9.94. The molecule has 0 heterocycles. The first-order valence-electron chi connectivity index (χ1n) is 5.69. The van der Waals surface area contributed by atoms with Crippen molar-refractivity contribution in [1.82, 2.24) is 0 Å². The van der Waals surface area contributed by atoms with E-state index in [1.807, 2.05) is 0 Å². The first-order chi connectivity index (χ1) is 8.65. The summed E-state index contributed by atoms with van der Waals surface area (Å²) in [6.07, 6.45) is 2.03. The van der Waals surface area contributed by atoms with Gasteiger partial charge >= 0.3 is 5.97 Å². The molecule has 2 rings (SSSR count). The minimum absolute atomic E-state index is 0.277. The highest BCUT2D eigenvalue weighted by Gasteiger charge is 2.37. The van der Waals surface area contributed by atoms with E-state index in [2.05, 4.69) is 27.3 Å². The van der Waals surface area contributed by atoms with Crippen LogP contribution in [0, 0.1) is 17.2 Å². The number of ether oxygens (including phenoxy) is 1. The highest BCUT2D eigenvalue weighted by Crippen LogP contribution is 2.35. The van der Waals surface area contributed by atoms with E-state index in [0.29, 0.717) is 17.2 Å². The third-order valence-electron chi connectivity index (χ3n) is 2.96. The summed E-state index contributed by atoms with van der Waals surface area (Å²) in [5.74, 6) is 0.0318. The van der Waals surface area contributed by atoms with Crippen LogP contribution in [0.5, 0.6) is 0 Å². The lowest BCUT2D eigenvalue weighted by Crippen LogP contribution is -2.33. The molecule has 1 unspecified atom stereocenters. The van der Waals surface area contributed by atoms with E-state index in [0.717, 1.165) is 17.3 Å². The SMILES string of the molecule is COC(=O)C(Nc1cc(Br)ccc1C#N)C1CC1. The zero-order valence-corrected chi connectivity index (χ0v) is 11.5. The van der Waals surface area contributed by atoms with Gasteiger partial charge in [0, 0.05) is 4.47 Å². The van der Waals surface area contributed by atoms with Crippen LogP contribution in [-0.2, 0) is 9.53 Å². The second-order valence-corrected chi connectivity index (χ2v) is 5.20. The minimum atomic E-state index is -0.364. The number of nitriles is 1. The van der Waals surface area contributed by atoms with Gasteiger partial charge in [0.25, 0.3) is 0 Å². The molecule has 4 nitrogen and oxygen atoms in total. The molecule has 1 aromatic rings. The van der Waals surface area contributed by atoms with Gasteiger partial charge in [-0.05, 0) is 37.0 Å². The van der Waals surface area contributed by atoms with Crippen LogP contribution >= 0.6 is 15.9 Å². The third-order valence-corrected chi connectivity index (χ3v) is 3.45. The summed E-state index contributed by atoms with van der Waals surface area (Å²) in [7, 11) is 1.38. The molecule has 1 aliphatic carbocycles. The number of anilines is 1. The molecule has 0 bridgehead atoms. The summed E-state index contributed by atoms with van der Waals surface area (Å²) >= 11 is 3.36. The number of rotatable bonds is 4. The van der Waals surface area contributed by atoms with Crippen LogP contribution in [-0.4, -0.2) is 19.1 Å². The van der Waals surface area contributed by atoms with Gasteiger partial charge in [0.15, 0.2) is 0 Å². The highest BCUT2D eigenvalue weighted by atomic mass is 79.9. The Morgan fingerprint density at radius 3 is 2.89 bits per heavy atom. The zero-order chi connectivity index (χ0) is 13.1. The lowest BCUT2D eigenvalue weighted by atomic mass is 10.1. The number of nitrogens with one attached hydrogen (secondary N) is 1. The molecule has 0 aromatic heterocycles. The molecular weight excluding hydrogens is 296 g/mol. The van der Waals surface area contributed by atoms with E-state index in [1.165, 1.54) is 7.11 Å². The predicted molar refractivity (Wildman–Crippen MR) is 71.0 cm³/mol. The summed E-state index contributed by atoms with van der Waals surface area (Å²) in [5.41, 5.74) is 1.18. The Labute approximate surface area is 114 Å². The molecule has 0 spiro atoms. The average Bonchev–Trinajstić information content (AvgIpc) is 3.19. The quantitative estimate of drug-likeness (QED) is 0.869. The van der Waals surface area contributed by atoms with Gasteiger partial charge in [0.2, 0.25) is 0 Å². The van der Waals surface area contributed by atoms with Crippen LogP contribution < -0.4 is 5.32 Å². The predicted octanol–water partition coefficient (Wildman–Crippen LogP) is 2.68.